The molecule has 24 heavy (non-hydrogen) atoms. The molecule has 0 N–H and O–H groups in total. The first-order valence-corrected chi connectivity index (χ1v) is 8.43. The van der Waals surface area contributed by atoms with Gasteiger partial charge in [-0.05, 0) is 42.7 Å². The molecule has 1 heterocycles. The third kappa shape index (κ3) is 2.52. The molecule has 0 aliphatic carbocycles. The van der Waals surface area contributed by atoms with Crippen LogP contribution in [-0.2, 0) is 6.54 Å². The first-order valence-electron chi connectivity index (χ1n) is 8.43. The van der Waals surface area contributed by atoms with E-state index in [9.17, 15) is 0 Å². The van der Waals surface area contributed by atoms with E-state index in [0.717, 1.165) is 6.54 Å². The monoisotopic (exact) mass is 311 g/mol. The zero-order valence-corrected chi connectivity index (χ0v) is 14.2. The summed E-state index contributed by atoms with van der Waals surface area (Å²) in [6, 6.07) is 28.2. The molecule has 0 radical (unpaired) electrons. The van der Waals surface area contributed by atoms with Crippen molar-refractivity contribution < 1.29 is 0 Å². The number of fused-ring (bicyclic) bond motifs is 1. The molecule has 118 valence electrons. The lowest BCUT2D eigenvalue weighted by Gasteiger charge is -2.15. The summed E-state index contributed by atoms with van der Waals surface area (Å²) in [7, 11) is 0. The van der Waals surface area contributed by atoms with Crippen LogP contribution in [0.2, 0.25) is 0 Å². The second kappa shape index (κ2) is 6.01. The van der Waals surface area contributed by atoms with Crippen molar-refractivity contribution in [2.75, 3.05) is 0 Å². The van der Waals surface area contributed by atoms with E-state index >= 15 is 0 Å². The summed E-state index contributed by atoms with van der Waals surface area (Å²) >= 11 is 0. The van der Waals surface area contributed by atoms with Gasteiger partial charge in [-0.1, -0.05) is 66.7 Å². The Labute approximate surface area is 143 Å². The summed E-state index contributed by atoms with van der Waals surface area (Å²) in [5, 5.41) is 1.30. The summed E-state index contributed by atoms with van der Waals surface area (Å²) < 4.78 is 2.44. The standard InChI is InChI=1S/C23H21N/c1-17-9-8-10-18(2)23(17)22-15-20-13-6-7-14-21(20)24(22)16-19-11-4-3-5-12-19/h3-15H,16H2,1-2H3. The highest BCUT2D eigenvalue weighted by atomic mass is 15.0. The fourth-order valence-corrected chi connectivity index (χ4v) is 3.57. The summed E-state index contributed by atoms with van der Waals surface area (Å²) in [5.74, 6) is 0. The molecule has 1 aromatic heterocycles. The van der Waals surface area contributed by atoms with Crippen LogP contribution >= 0.6 is 0 Å². The maximum atomic E-state index is 2.44. The van der Waals surface area contributed by atoms with Crippen molar-refractivity contribution in [3.63, 3.8) is 0 Å². The molecule has 0 amide bonds. The van der Waals surface area contributed by atoms with Crippen LogP contribution in [0.5, 0.6) is 0 Å². The van der Waals surface area contributed by atoms with Gasteiger partial charge in [0.2, 0.25) is 0 Å². The first-order chi connectivity index (χ1) is 11.7. The van der Waals surface area contributed by atoms with E-state index in [2.05, 4.69) is 97.3 Å². The van der Waals surface area contributed by atoms with E-state index in [0.29, 0.717) is 0 Å². The maximum absolute atomic E-state index is 2.44. The van der Waals surface area contributed by atoms with E-state index in [4.69, 9.17) is 0 Å². The fraction of sp³-hybridized carbons (Fsp3) is 0.130. The lowest BCUT2D eigenvalue weighted by atomic mass is 10.00. The molecule has 0 aliphatic heterocycles. The molecule has 0 unspecified atom stereocenters. The molecule has 0 atom stereocenters. The minimum atomic E-state index is 0.886. The van der Waals surface area contributed by atoms with Gasteiger partial charge in [0, 0.05) is 28.7 Å². The zero-order chi connectivity index (χ0) is 16.5. The molecular formula is C23H21N. The third-order valence-electron chi connectivity index (χ3n) is 4.73. The van der Waals surface area contributed by atoms with Crippen LogP contribution in [0.1, 0.15) is 16.7 Å². The van der Waals surface area contributed by atoms with E-state index in [-0.39, 0.29) is 0 Å². The van der Waals surface area contributed by atoms with Gasteiger partial charge < -0.3 is 4.57 Å². The second-order valence-corrected chi connectivity index (χ2v) is 6.43. The average molecular weight is 311 g/mol. The van der Waals surface area contributed by atoms with Crippen molar-refractivity contribution in [3.8, 4) is 11.3 Å². The van der Waals surface area contributed by atoms with Crippen molar-refractivity contribution in [2.24, 2.45) is 0 Å². The summed E-state index contributed by atoms with van der Waals surface area (Å²) in [4.78, 5) is 0. The van der Waals surface area contributed by atoms with E-state index in [1.54, 1.807) is 0 Å². The zero-order valence-electron chi connectivity index (χ0n) is 14.2. The molecule has 0 spiro atoms. The van der Waals surface area contributed by atoms with Crippen LogP contribution in [0.3, 0.4) is 0 Å². The summed E-state index contributed by atoms with van der Waals surface area (Å²) in [5.41, 5.74) is 7.92. The quantitative estimate of drug-likeness (QED) is 0.439. The minimum absolute atomic E-state index is 0.886. The highest BCUT2D eigenvalue weighted by Gasteiger charge is 2.14. The van der Waals surface area contributed by atoms with Gasteiger partial charge in [-0.25, -0.2) is 0 Å². The molecule has 1 nitrogen and oxygen atoms in total. The van der Waals surface area contributed by atoms with E-state index in [1.807, 2.05) is 0 Å². The molecule has 3 aromatic carbocycles. The van der Waals surface area contributed by atoms with Crippen LogP contribution in [0.4, 0.5) is 0 Å². The van der Waals surface area contributed by atoms with E-state index < -0.39 is 0 Å². The van der Waals surface area contributed by atoms with Crippen molar-refractivity contribution in [3.05, 3.63) is 95.6 Å². The van der Waals surface area contributed by atoms with Gasteiger partial charge in [0.25, 0.3) is 0 Å². The number of hydrogen-bond donors (Lipinski definition) is 0. The van der Waals surface area contributed by atoms with Crippen LogP contribution < -0.4 is 0 Å². The highest BCUT2D eigenvalue weighted by molar-refractivity contribution is 5.88. The minimum Gasteiger partial charge on any atom is -0.336 e. The Kier molecular flexibility index (Phi) is 3.70. The molecule has 0 fully saturated rings. The Bertz CT molecular complexity index is 973. The van der Waals surface area contributed by atoms with Crippen molar-refractivity contribution in [1.29, 1.82) is 0 Å². The normalized spacial score (nSPS) is 11.1. The van der Waals surface area contributed by atoms with Crippen molar-refractivity contribution in [2.45, 2.75) is 20.4 Å². The number of aromatic nitrogens is 1. The molecule has 0 bridgehead atoms. The third-order valence-corrected chi connectivity index (χ3v) is 4.73. The van der Waals surface area contributed by atoms with Gasteiger partial charge in [0.15, 0.2) is 0 Å². The van der Waals surface area contributed by atoms with Gasteiger partial charge in [-0.3, -0.25) is 0 Å². The lowest BCUT2D eigenvalue weighted by Crippen LogP contribution is -2.03. The highest BCUT2D eigenvalue weighted by Crippen LogP contribution is 2.33. The topological polar surface area (TPSA) is 4.93 Å². The largest absolute Gasteiger partial charge is 0.336 e. The molecule has 0 aliphatic rings. The predicted octanol–water partition coefficient (Wildman–Crippen LogP) is 5.97. The van der Waals surface area contributed by atoms with Gasteiger partial charge in [-0.15, -0.1) is 0 Å². The molecule has 0 saturated carbocycles. The fourth-order valence-electron chi connectivity index (χ4n) is 3.57. The van der Waals surface area contributed by atoms with Crippen LogP contribution in [-0.4, -0.2) is 4.57 Å². The summed E-state index contributed by atoms with van der Waals surface area (Å²) in [6.45, 7) is 5.29. The Balaban J connectivity index is 1.97. The number of rotatable bonds is 3. The predicted molar refractivity (Wildman–Crippen MR) is 102 cm³/mol. The molecule has 4 aromatic rings. The number of nitrogens with zero attached hydrogens (tertiary/aromatic N) is 1. The Morgan fingerprint density at radius 2 is 1.38 bits per heavy atom. The molecular weight excluding hydrogens is 290 g/mol. The van der Waals surface area contributed by atoms with Crippen molar-refractivity contribution in [1.82, 2.24) is 4.57 Å². The number of benzene rings is 3. The first kappa shape index (κ1) is 14.8. The Hall–Kier alpha value is -2.80. The number of aryl methyl sites for hydroxylation is 2. The lowest BCUT2D eigenvalue weighted by molar-refractivity contribution is 0.843. The Morgan fingerprint density at radius 1 is 0.708 bits per heavy atom. The van der Waals surface area contributed by atoms with Gasteiger partial charge >= 0.3 is 0 Å². The van der Waals surface area contributed by atoms with Crippen LogP contribution in [0.25, 0.3) is 22.2 Å². The second-order valence-electron chi connectivity index (χ2n) is 6.43. The smallest absolute Gasteiger partial charge is 0.0499 e. The number of hydrogen-bond acceptors (Lipinski definition) is 0. The molecule has 1 heteroatoms. The van der Waals surface area contributed by atoms with Gasteiger partial charge in [0.05, 0.1) is 0 Å². The van der Waals surface area contributed by atoms with Crippen LogP contribution in [0, 0.1) is 13.8 Å². The van der Waals surface area contributed by atoms with Gasteiger partial charge in [-0.2, -0.15) is 0 Å². The Morgan fingerprint density at radius 3 is 2.12 bits per heavy atom. The summed E-state index contributed by atoms with van der Waals surface area (Å²) in [6.07, 6.45) is 0. The molecule has 4 rings (SSSR count). The van der Waals surface area contributed by atoms with Crippen LogP contribution in [0.15, 0.2) is 78.9 Å². The maximum Gasteiger partial charge on any atom is 0.0499 e. The van der Waals surface area contributed by atoms with Gasteiger partial charge in [0.1, 0.15) is 0 Å². The SMILES string of the molecule is Cc1cccc(C)c1-c1cc2ccccc2n1Cc1ccccc1. The number of para-hydroxylation sites is 1. The van der Waals surface area contributed by atoms with Crippen molar-refractivity contribution >= 4 is 10.9 Å². The average Bonchev–Trinajstić information content (AvgIpc) is 2.94. The molecule has 0 saturated heterocycles. The van der Waals surface area contributed by atoms with E-state index in [1.165, 1.54) is 38.9 Å².